The molecular formula is C17H25N7O2. The Morgan fingerprint density at radius 1 is 1.04 bits per heavy atom. The molecule has 1 aromatic carbocycles. The Kier molecular flexibility index (Phi) is 5.83. The Balaban J connectivity index is 0.00000243. The van der Waals surface area contributed by atoms with Crippen LogP contribution in [0.3, 0.4) is 0 Å². The number of aryl methyl sites for hydroxylation is 1. The number of anilines is 4. The lowest BCUT2D eigenvalue weighted by Crippen LogP contribution is -2.47. The summed E-state index contributed by atoms with van der Waals surface area (Å²) in [7, 11) is 1.63. The number of hydrogen-bond donors (Lipinski definition) is 3. The van der Waals surface area contributed by atoms with Gasteiger partial charge in [0.15, 0.2) is 5.82 Å². The molecule has 1 aliphatic heterocycles. The first-order valence-electron chi connectivity index (χ1n) is 8.21. The number of aromatic nitrogens is 2. The molecule has 1 fully saturated rings. The maximum absolute atomic E-state index is 11.6. The van der Waals surface area contributed by atoms with E-state index in [1.807, 2.05) is 31.2 Å². The molecule has 2 heterocycles. The highest BCUT2D eigenvalue weighted by molar-refractivity contribution is 5.94. The van der Waals surface area contributed by atoms with Crippen LogP contribution in [0.15, 0.2) is 24.3 Å². The molecule has 0 spiro atoms. The smallest absolute Gasteiger partial charge is 0.251 e. The average Bonchev–Trinajstić information content (AvgIpc) is 2.61. The van der Waals surface area contributed by atoms with Crippen molar-refractivity contribution in [3.05, 3.63) is 35.5 Å². The van der Waals surface area contributed by atoms with Crippen molar-refractivity contribution in [1.82, 2.24) is 15.3 Å². The highest BCUT2D eigenvalue weighted by atomic mass is 16.1. The van der Waals surface area contributed by atoms with E-state index in [4.69, 9.17) is 11.5 Å². The van der Waals surface area contributed by atoms with Crippen LogP contribution < -0.4 is 26.6 Å². The number of nitrogen functional groups attached to an aromatic ring is 2. The second-order valence-corrected chi connectivity index (χ2v) is 6.00. The fraction of sp³-hybridized carbons (Fsp3) is 0.353. The molecule has 2 aromatic rings. The molecule has 0 bridgehead atoms. The molecule has 1 aromatic heterocycles. The Morgan fingerprint density at radius 2 is 1.62 bits per heavy atom. The van der Waals surface area contributed by atoms with Crippen molar-refractivity contribution in [3.8, 4) is 0 Å². The van der Waals surface area contributed by atoms with Crippen molar-refractivity contribution >= 4 is 29.0 Å². The fourth-order valence-electron chi connectivity index (χ4n) is 3.16. The molecule has 0 atom stereocenters. The van der Waals surface area contributed by atoms with Gasteiger partial charge < -0.3 is 32.1 Å². The van der Waals surface area contributed by atoms with E-state index in [0.717, 1.165) is 43.2 Å². The summed E-state index contributed by atoms with van der Waals surface area (Å²) < 4.78 is 0. The van der Waals surface area contributed by atoms with Crippen LogP contribution in [0.1, 0.15) is 16.1 Å². The van der Waals surface area contributed by atoms with Gasteiger partial charge in [-0.15, -0.1) is 0 Å². The van der Waals surface area contributed by atoms with Crippen molar-refractivity contribution in [2.75, 3.05) is 54.5 Å². The summed E-state index contributed by atoms with van der Waals surface area (Å²) in [5, 5.41) is 2.63. The van der Waals surface area contributed by atoms with Gasteiger partial charge >= 0.3 is 0 Å². The Bertz CT molecular complexity index is 748. The number of amides is 1. The molecule has 9 heteroatoms. The predicted molar refractivity (Wildman–Crippen MR) is 103 cm³/mol. The van der Waals surface area contributed by atoms with E-state index in [9.17, 15) is 4.79 Å². The third-order valence-electron chi connectivity index (χ3n) is 4.42. The van der Waals surface area contributed by atoms with Crippen molar-refractivity contribution in [3.63, 3.8) is 0 Å². The summed E-state index contributed by atoms with van der Waals surface area (Å²) in [6.45, 7) is 5.23. The minimum atomic E-state index is -0.0781. The van der Waals surface area contributed by atoms with E-state index in [1.54, 1.807) is 7.05 Å². The number of carbonyl (C=O) groups is 1. The van der Waals surface area contributed by atoms with E-state index >= 15 is 0 Å². The highest BCUT2D eigenvalue weighted by Crippen LogP contribution is 2.27. The first-order chi connectivity index (χ1) is 12.0. The van der Waals surface area contributed by atoms with E-state index in [2.05, 4.69) is 25.1 Å². The van der Waals surface area contributed by atoms with Crippen LogP contribution in [0, 0.1) is 6.92 Å². The van der Waals surface area contributed by atoms with E-state index in [-0.39, 0.29) is 17.3 Å². The topological polar surface area (TPSA) is 145 Å². The number of benzene rings is 1. The minimum Gasteiger partial charge on any atom is -0.412 e. The van der Waals surface area contributed by atoms with Gasteiger partial charge in [-0.3, -0.25) is 4.79 Å². The van der Waals surface area contributed by atoms with Crippen molar-refractivity contribution in [2.24, 2.45) is 0 Å². The van der Waals surface area contributed by atoms with Crippen molar-refractivity contribution in [2.45, 2.75) is 6.92 Å². The number of nitrogens with two attached hydrogens (primary N) is 2. The Morgan fingerprint density at radius 3 is 2.15 bits per heavy atom. The molecule has 140 valence electrons. The Hall–Kier alpha value is -3.07. The third kappa shape index (κ3) is 3.77. The first kappa shape index (κ1) is 19.3. The van der Waals surface area contributed by atoms with Gasteiger partial charge in [-0.1, -0.05) is 0 Å². The number of rotatable bonds is 3. The maximum Gasteiger partial charge on any atom is 0.251 e. The maximum atomic E-state index is 11.6. The lowest BCUT2D eigenvalue weighted by Gasteiger charge is -2.38. The second kappa shape index (κ2) is 7.87. The number of nitrogens with zero attached hydrogens (tertiary/aromatic N) is 4. The van der Waals surface area contributed by atoms with Crippen LogP contribution in [0.25, 0.3) is 0 Å². The third-order valence-corrected chi connectivity index (χ3v) is 4.42. The first-order valence-corrected chi connectivity index (χ1v) is 8.21. The molecule has 26 heavy (non-hydrogen) atoms. The summed E-state index contributed by atoms with van der Waals surface area (Å²) in [6, 6.07) is 7.64. The Labute approximate surface area is 152 Å². The average molecular weight is 359 g/mol. The fourth-order valence-corrected chi connectivity index (χ4v) is 3.16. The monoisotopic (exact) mass is 359 g/mol. The molecule has 0 unspecified atom stereocenters. The molecule has 3 rings (SSSR count). The van der Waals surface area contributed by atoms with Crippen LogP contribution >= 0.6 is 0 Å². The summed E-state index contributed by atoms with van der Waals surface area (Å²) in [5.41, 5.74) is 15.1. The molecule has 1 saturated heterocycles. The van der Waals surface area contributed by atoms with Gasteiger partial charge in [0.1, 0.15) is 5.69 Å². The van der Waals surface area contributed by atoms with Gasteiger partial charge in [0.05, 0.1) is 5.69 Å². The molecule has 0 aliphatic carbocycles. The molecule has 0 radical (unpaired) electrons. The molecule has 9 nitrogen and oxygen atoms in total. The zero-order chi connectivity index (χ0) is 18.0. The molecular weight excluding hydrogens is 334 g/mol. The SMILES string of the molecule is CNC(=O)c1ccc(N2CCN(c3c(C)nc(N)nc3N)CC2)cc1.O. The summed E-state index contributed by atoms with van der Waals surface area (Å²) in [6.07, 6.45) is 0. The van der Waals surface area contributed by atoms with E-state index < -0.39 is 0 Å². The van der Waals surface area contributed by atoms with Gasteiger partial charge in [-0.25, -0.2) is 4.98 Å². The van der Waals surface area contributed by atoms with Crippen molar-refractivity contribution < 1.29 is 10.3 Å². The number of hydrogen-bond acceptors (Lipinski definition) is 7. The molecule has 1 amide bonds. The highest BCUT2D eigenvalue weighted by Gasteiger charge is 2.22. The van der Waals surface area contributed by atoms with Gasteiger partial charge in [-0.05, 0) is 31.2 Å². The quantitative estimate of drug-likeness (QED) is 0.688. The van der Waals surface area contributed by atoms with Crippen LogP contribution in [0.2, 0.25) is 0 Å². The summed E-state index contributed by atoms with van der Waals surface area (Å²) >= 11 is 0. The second-order valence-electron chi connectivity index (χ2n) is 6.00. The van der Waals surface area contributed by atoms with Crippen molar-refractivity contribution in [1.29, 1.82) is 0 Å². The molecule has 0 saturated carbocycles. The van der Waals surface area contributed by atoms with Gasteiger partial charge in [0.2, 0.25) is 5.95 Å². The largest absolute Gasteiger partial charge is 0.412 e. The van der Waals surface area contributed by atoms with Gasteiger partial charge in [0.25, 0.3) is 5.91 Å². The van der Waals surface area contributed by atoms with Crippen LogP contribution in [-0.4, -0.2) is 54.6 Å². The minimum absolute atomic E-state index is 0. The van der Waals surface area contributed by atoms with Crippen LogP contribution in [0.4, 0.5) is 23.1 Å². The van der Waals surface area contributed by atoms with Gasteiger partial charge in [-0.2, -0.15) is 4.98 Å². The van der Waals surface area contributed by atoms with Gasteiger partial charge in [0, 0.05) is 44.5 Å². The zero-order valence-electron chi connectivity index (χ0n) is 15.0. The lowest BCUT2D eigenvalue weighted by molar-refractivity contribution is 0.0963. The van der Waals surface area contributed by atoms with Crippen LogP contribution in [0.5, 0.6) is 0 Å². The molecule has 1 aliphatic rings. The summed E-state index contributed by atoms with van der Waals surface area (Å²) in [5.74, 6) is 0.549. The van der Waals surface area contributed by atoms with E-state index in [1.165, 1.54) is 0 Å². The number of piperazine rings is 1. The number of carbonyl (C=O) groups excluding carboxylic acids is 1. The summed E-state index contributed by atoms with van der Waals surface area (Å²) in [4.78, 5) is 24.4. The standard InChI is InChI=1S/C17H23N7O.H2O/c1-11-14(15(18)22-17(19)21-11)24-9-7-23(8-10-24)13-5-3-12(4-6-13)16(25)20-2;/h3-6H,7-10H2,1-2H3,(H,20,25)(H4,18,19,21,22);1H2. The number of nitrogens with one attached hydrogen (secondary N) is 1. The lowest BCUT2D eigenvalue weighted by atomic mass is 10.1. The zero-order valence-corrected chi connectivity index (χ0v) is 15.0. The molecule has 7 N–H and O–H groups in total. The normalized spacial score (nSPS) is 13.9. The van der Waals surface area contributed by atoms with E-state index in [0.29, 0.717) is 11.4 Å². The predicted octanol–water partition coefficient (Wildman–Crippen LogP) is -0.189. The van der Waals surface area contributed by atoms with Crippen LogP contribution in [-0.2, 0) is 0 Å².